The quantitative estimate of drug-likeness (QED) is 0.705. The van der Waals surface area contributed by atoms with Crippen LogP contribution in [0.4, 0.5) is 0 Å². The molecule has 0 unspecified atom stereocenters. The second-order valence-corrected chi connectivity index (χ2v) is 5.60. The van der Waals surface area contributed by atoms with Crippen LogP contribution in [0.25, 0.3) is 17.4 Å². The zero-order valence-corrected chi connectivity index (χ0v) is 13.5. The molecule has 1 aromatic carbocycles. The van der Waals surface area contributed by atoms with Crippen molar-refractivity contribution >= 4 is 23.6 Å². The van der Waals surface area contributed by atoms with Gasteiger partial charge in [-0.15, -0.1) is 0 Å². The summed E-state index contributed by atoms with van der Waals surface area (Å²) in [4.78, 5) is 16.1. The first kappa shape index (κ1) is 16.0. The van der Waals surface area contributed by atoms with Crippen molar-refractivity contribution in [1.82, 2.24) is 10.3 Å². The van der Waals surface area contributed by atoms with Crippen LogP contribution in [0.15, 0.2) is 71.6 Å². The zero-order chi connectivity index (χ0) is 16.8. The van der Waals surface area contributed by atoms with E-state index >= 15 is 0 Å². The summed E-state index contributed by atoms with van der Waals surface area (Å²) in [5.74, 6) is 0.576. The molecule has 5 heteroatoms. The van der Waals surface area contributed by atoms with Crippen molar-refractivity contribution in [3.63, 3.8) is 0 Å². The van der Waals surface area contributed by atoms with Crippen LogP contribution in [-0.4, -0.2) is 10.9 Å². The maximum absolute atomic E-state index is 11.9. The van der Waals surface area contributed by atoms with Crippen LogP contribution in [0.5, 0.6) is 0 Å². The van der Waals surface area contributed by atoms with Gasteiger partial charge in [-0.3, -0.25) is 9.78 Å². The number of nitrogens with one attached hydrogen (secondary N) is 1. The number of carbonyl (C=O) groups is 1. The topological polar surface area (TPSA) is 55.1 Å². The van der Waals surface area contributed by atoms with Gasteiger partial charge in [-0.1, -0.05) is 23.7 Å². The predicted octanol–water partition coefficient (Wildman–Crippen LogP) is 4.32. The van der Waals surface area contributed by atoms with E-state index in [9.17, 15) is 4.79 Å². The van der Waals surface area contributed by atoms with E-state index in [0.29, 0.717) is 11.6 Å². The number of pyridine rings is 1. The second kappa shape index (κ2) is 7.62. The Hall–Kier alpha value is -2.85. The molecule has 1 amide bonds. The maximum atomic E-state index is 11.9. The fourth-order valence-corrected chi connectivity index (χ4v) is 2.28. The van der Waals surface area contributed by atoms with Crippen molar-refractivity contribution in [2.45, 2.75) is 6.54 Å². The summed E-state index contributed by atoms with van der Waals surface area (Å²) in [5.41, 5.74) is 2.69. The Bertz CT molecular complexity index is 840. The van der Waals surface area contributed by atoms with Crippen molar-refractivity contribution in [2.75, 3.05) is 0 Å². The Kier molecular flexibility index (Phi) is 5.08. The molecule has 3 rings (SSSR count). The summed E-state index contributed by atoms with van der Waals surface area (Å²) >= 11 is 5.83. The molecular weight excluding hydrogens is 324 g/mol. The Morgan fingerprint density at radius 1 is 1.21 bits per heavy atom. The monoisotopic (exact) mass is 338 g/mol. The molecule has 0 atom stereocenters. The number of hydrogen-bond donors (Lipinski definition) is 1. The molecule has 0 bridgehead atoms. The van der Waals surface area contributed by atoms with Crippen molar-refractivity contribution in [3.8, 4) is 11.3 Å². The van der Waals surface area contributed by atoms with Gasteiger partial charge in [0.1, 0.15) is 5.76 Å². The molecule has 24 heavy (non-hydrogen) atoms. The molecule has 0 spiro atoms. The number of benzene rings is 1. The summed E-state index contributed by atoms with van der Waals surface area (Å²) in [6, 6.07) is 12.9. The maximum Gasteiger partial charge on any atom is 0.244 e. The van der Waals surface area contributed by atoms with Gasteiger partial charge in [0.05, 0.1) is 6.26 Å². The standard InChI is InChI=1S/C19H15ClN2O2/c20-17-6-3-14(4-7-17)5-8-19(23)22-12-15-10-16(13-21-11-15)18-2-1-9-24-18/h1-11,13H,12H2,(H,22,23)/b8-5+. The average Bonchev–Trinajstić information content (AvgIpc) is 3.14. The SMILES string of the molecule is O=C(/C=C/c1ccc(Cl)cc1)NCc1cncc(-c2ccco2)c1. The Morgan fingerprint density at radius 2 is 2.04 bits per heavy atom. The highest BCUT2D eigenvalue weighted by molar-refractivity contribution is 6.30. The van der Waals surface area contributed by atoms with E-state index in [1.165, 1.54) is 6.08 Å². The molecule has 0 aliphatic heterocycles. The smallest absolute Gasteiger partial charge is 0.244 e. The van der Waals surface area contributed by atoms with Gasteiger partial charge in [0.15, 0.2) is 0 Å². The van der Waals surface area contributed by atoms with Crippen molar-refractivity contribution in [1.29, 1.82) is 0 Å². The fraction of sp³-hybridized carbons (Fsp3) is 0.0526. The minimum atomic E-state index is -0.173. The third-order valence-electron chi connectivity index (χ3n) is 3.36. The van der Waals surface area contributed by atoms with E-state index in [0.717, 1.165) is 22.5 Å². The molecule has 1 N–H and O–H groups in total. The number of furan rings is 1. The molecule has 2 aromatic heterocycles. The van der Waals surface area contributed by atoms with Gasteiger partial charge in [0.25, 0.3) is 0 Å². The molecule has 0 saturated carbocycles. The largest absolute Gasteiger partial charge is 0.464 e. The molecule has 0 radical (unpaired) electrons. The van der Waals surface area contributed by atoms with Gasteiger partial charge in [-0.25, -0.2) is 0 Å². The normalized spacial score (nSPS) is 10.9. The lowest BCUT2D eigenvalue weighted by molar-refractivity contribution is -0.116. The number of amides is 1. The Labute approximate surface area is 144 Å². The van der Waals surface area contributed by atoms with Gasteiger partial charge >= 0.3 is 0 Å². The van der Waals surface area contributed by atoms with Crippen LogP contribution in [0, 0.1) is 0 Å². The minimum Gasteiger partial charge on any atom is -0.464 e. The lowest BCUT2D eigenvalue weighted by atomic mass is 10.1. The van der Waals surface area contributed by atoms with E-state index in [1.54, 1.807) is 36.9 Å². The van der Waals surface area contributed by atoms with E-state index in [4.69, 9.17) is 16.0 Å². The highest BCUT2D eigenvalue weighted by Gasteiger charge is 2.03. The first-order valence-corrected chi connectivity index (χ1v) is 7.78. The Balaban J connectivity index is 1.58. The summed E-state index contributed by atoms with van der Waals surface area (Å²) < 4.78 is 5.35. The molecule has 120 valence electrons. The molecule has 4 nitrogen and oxygen atoms in total. The second-order valence-electron chi connectivity index (χ2n) is 5.16. The van der Waals surface area contributed by atoms with Gasteiger partial charge in [-0.05, 0) is 47.5 Å². The number of rotatable bonds is 5. The van der Waals surface area contributed by atoms with Gasteiger partial charge < -0.3 is 9.73 Å². The summed E-state index contributed by atoms with van der Waals surface area (Å²) in [7, 11) is 0. The van der Waals surface area contributed by atoms with E-state index < -0.39 is 0 Å². The van der Waals surface area contributed by atoms with Crippen LogP contribution in [0.3, 0.4) is 0 Å². The summed E-state index contributed by atoms with van der Waals surface area (Å²) in [6.45, 7) is 0.394. The van der Waals surface area contributed by atoms with Crippen LogP contribution in [-0.2, 0) is 11.3 Å². The van der Waals surface area contributed by atoms with E-state index in [1.807, 2.05) is 30.3 Å². The molecule has 3 aromatic rings. The number of aromatic nitrogens is 1. The van der Waals surface area contributed by atoms with Crippen LogP contribution >= 0.6 is 11.6 Å². The fourth-order valence-electron chi connectivity index (χ4n) is 2.16. The predicted molar refractivity (Wildman–Crippen MR) is 94.3 cm³/mol. The molecule has 0 aliphatic rings. The highest BCUT2D eigenvalue weighted by Crippen LogP contribution is 2.19. The third kappa shape index (κ3) is 4.33. The van der Waals surface area contributed by atoms with E-state index in [-0.39, 0.29) is 5.91 Å². The zero-order valence-electron chi connectivity index (χ0n) is 12.8. The molecular formula is C19H15ClN2O2. The van der Waals surface area contributed by atoms with Gasteiger partial charge in [-0.2, -0.15) is 0 Å². The summed E-state index contributed by atoms with van der Waals surface area (Å²) in [6.07, 6.45) is 8.29. The average molecular weight is 339 g/mol. The molecule has 0 saturated heterocycles. The first-order chi connectivity index (χ1) is 11.7. The summed E-state index contributed by atoms with van der Waals surface area (Å²) in [5, 5.41) is 3.50. The van der Waals surface area contributed by atoms with Gasteiger partial charge in [0, 0.05) is 35.6 Å². The van der Waals surface area contributed by atoms with Crippen molar-refractivity contribution < 1.29 is 9.21 Å². The van der Waals surface area contributed by atoms with Crippen LogP contribution in [0.2, 0.25) is 5.02 Å². The highest BCUT2D eigenvalue weighted by atomic mass is 35.5. The lowest BCUT2D eigenvalue weighted by Crippen LogP contribution is -2.20. The van der Waals surface area contributed by atoms with Crippen LogP contribution < -0.4 is 5.32 Å². The van der Waals surface area contributed by atoms with Gasteiger partial charge in [0.2, 0.25) is 5.91 Å². The third-order valence-corrected chi connectivity index (χ3v) is 3.62. The molecule has 0 aliphatic carbocycles. The number of carbonyl (C=O) groups excluding carboxylic acids is 1. The molecule has 0 fully saturated rings. The number of hydrogen-bond acceptors (Lipinski definition) is 3. The van der Waals surface area contributed by atoms with E-state index in [2.05, 4.69) is 10.3 Å². The Morgan fingerprint density at radius 3 is 2.79 bits per heavy atom. The molecule has 2 heterocycles. The number of halogens is 1. The number of nitrogens with zero attached hydrogens (tertiary/aromatic N) is 1. The van der Waals surface area contributed by atoms with Crippen molar-refractivity contribution in [3.05, 3.63) is 83.3 Å². The van der Waals surface area contributed by atoms with Crippen molar-refractivity contribution in [2.24, 2.45) is 0 Å². The minimum absolute atomic E-state index is 0.173. The van der Waals surface area contributed by atoms with Crippen LogP contribution in [0.1, 0.15) is 11.1 Å². The first-order valence-electron chi connectivity index (χ1n) is 7.40. The lowest BCUT2D eigenvalue weighted by Gasteiger charge is -2.04.